The summed E-state index contributed by atoms with van der Waals surface area (Å²) < 4.78 is 5.79. The first-order valence-electron chi connectivity index (χ1n) is 9.38. The molecule has 2 aromatic carbocycles. The molecule has 0 radical (unpaired) electrons. The van der Waals surface area contributed by atoms with E-state index in [2.05, 4.69) is 0 Å². The third-order valence-electron chi connectivity index (χ3n) is 5.32. The first-order chi connectivity index (χ1) is 13.9. The molecule has 2 amide bonds. The molecule has 4 rings (SSSR count). The monoisotopic (exact) mass is 408 g/mol. The summed E-state index contributed by atoms with van der Waals surface area (Å²) in [5.41, 5.74) is 3.39. The largest absolute Gasteiger partial charge is 0.464 e. The highest BCUT2D eigenvalue weighted by molar-refractivity contribution is 6.30. The Bertz CT molecular complexity index is 1090. The van der Waals surface area contributed by atoms with Crippen molar-refractivity contribution in [3.63, 3.8) is 0 Å². The van der Waals surface area contributed by atoms with Crippen molar-refractivity contribution in [2.45, 2.75) is 26.8 Å². The van der Waals surface area contributed by atoms with Crippen LogP contribution in [0, 0.1) is 20.8 Å². The van der Waals surface area contributed by atoms with Gasteiger partial charge in [0.1, 0.15) is 18.1 Å². The lowest BCUT2D eigenvalue weighted by molar-refractivity contribution is -0.129. The molecule has 0 bridgehead atoms. The number of carbonyl (C=O) groups excluding carboxylic acids is 2. The van der Waals surface area contributed by atoms with Crippen molar-refractivity contribution in [3.8, 4) is 0 Å². The first-order valence-corrected chi connectivity index (χ1v) is 9.76. The molecule has 0 unspecified atom stereocenters. The number of nitrogens with zero attached hydrogens (tertiary/aromatic N) is 2. The van der Waals surface area contributed by atoms with Gasteiger partial charge in [0.2, 0.25) is 5.91 Å². The van der Waals surface area contributed by atoms with E-state index in [1.54, 1.807) is 41.3 Å². The average Bonchev–Trinajstić information content (AvgIpc) is 3.12. The zero-order valence-corrected chi connectivity index (χ0v) is 17.2. The number of halogens is 1. The molecular formula is C23H21ClN2O3. The lowest BCUT2D eigenvalue weighted by Gasteiger charge is -2.40. The average molecular weight is 409 g/mol. The van der Waals surface area contributed by atoms with Gasteiger partial charge in [-0.25, -0.2) is 0 Å². The van der Waals surface area contributed by atoms with Crippen LogP contribution >= 0.6 is 11.6 Å². The summed E-state index contributed by atoms with van der Waals surface area (Å²) in [7, 11) is 0. The summed E-state index contributed by atoms with van der Waals surface area (Å²) in [6.45, 7) is 5.72. The topological polar surface area (TPSA) is 53.8 Å². The molecule has 1 aromatic heterocycles. The van der Waals surface area contributed by atoms with E-state index in [0.717, 1.165) is 16.8 Å². The van der Waals surface area contributed by atoms with Crippen molar-refractivity contribution in [2.24, 2.45) is 0 Å². The van der Waals surface area contributed by atoms with E-state index in [9.17, 15) is 9.59 Å². The van der Waals surface area contributed by atoms with Crippen LogP contribution in [-0.4, -0.2) is 18.4 Å². The lowest BCUT2D eigenvalue weighted by Crippen LogP contribution is -2.56. The van der Waals surface area contributed by atoms with Crippen LogP contribution in [0.25, 0.3) is 0 Å². The summed E-state index contributed by atoms with van der Waals surface area (Å²) in [6, 6.07) is 15.3. The Labute approximate surface area is 174 Å². The Kier molecular flexibility index (Phi) is 4.92. The molecule has 0 spiro atoms. The minimum atomic E-state index is -0.883. The molecule has 1 atom stereocenters. The summed E-state index contributed by atoms with van der Waals surface area (Å²) in [5.74, 6) is 0.723. The van der Waals surface area contributed by atoms with Crippen LogP contribution in [0.15, 0.2) is 59.0 Å². The predicted molar refractivity (Wildman–Crippen MR) is 113 cm³/mol. The zero-order chi connectivity index (χ0) is 20.7. The van der Waals surface area contributed by atoms with E-state index in [1.807, 2.05) is 39.0 Å². The van der Waals surface area contributed by atoms with E-state index >= 15 is 0 Å². The molecule has 148 valence electrons. The molecule has 1 aliphatic heterocycles. The molecule has 3 aromatic rings. The second-order valence-electron chi connectivity index (χ2n) is 7.23. The second kappa shape index (κ2) is 7.41. The van der Waals surface area contributed by atoms with Crippen LogP contribution in [0.2, 0.25) is 5.02 Å². The number of benzene rings is 2. The van der Waals surface area contributed by atoms with Gasteiger partial charge in [0.15, 0.2) is 6.04 Å². The normalized spacial score (nSPS) is 17.2. The smallest absolute Gasteiger partial charge is 0.258 e. The highest BCUT2D eigenvalue weighted by Crippen LogP contribution is 2.36. The summed E-state index contributed by atoms with van der Waals surface area (Å²) in [6.07, 6.45) is 0. The van der Waals surface area contributed by atoms with Crippen molar-refractivity contribution < 1.29 is 14.0 Å². The number of hydrogen-bond acceptors (Lipinski definition) is 3. The third kappa shape index (κ3) is 3.42. The molecule has 0 saturated carbocycles. The maximum absolute atomic E-state index is 13.6. The zero-order valence-electron chi connectivity index (χ0n) is 16.5. The van der Waals surface area contributed by atoms with Crippen molar-refractivity contribution in [1.82, 2.24) is 0 Å². The van der Waals surface area contributed by atoms with Crippen LogP contribution in [0.5, 0.6) is 0 Å². The van der Waals surface area contributed by atoms with Crippen LogP contribution in [0.1, 0.15) is 28.7 Å². The fourth-order valence-electron chi connectivity index (χ4n) is 3.67. The number of rotatable bonds is 3. The van der Waals surface area contributed by atoms with Crippen molar-refractivity contribution in [3.05, 3.63) is 82.3 Å². The van der Waals surface area contributed by atoms with E-state index in [-0.39, 0.29) is 18.4 Å². The fraction of sp³-hybridized carbons (Fsp3) is 0.217. The molecule has 6 heteroatoms. The summed E-state index contributed by atoms with van der Waals surface area (Å²) in [4.78, 5) is 29.9. The van der Waals surface area contributed by atoms with E-state index < -0.39 is 6.04 Å². The number of hydrogen-bond donors (Lipinski definition) is 0. The van der Waals surface area contributed by atoms with Crippen molar-refractivity contribution >= 4 is 34.8 Å². The Hall–Kier alpha value is -3.05. The van der Waals surface area contributed by atoms with Gasteiger partial charge < -0.3 is 9.32 Å². The van der Waals surface area contributed by atoms with Crippen molar-refractivity contribution in [2.75, 3.05) is 16.3 Å². The number of furan rings is 1. The third-order valence-corrected chi connectivity index (χ3v) is 5.57. The van der Waals surface area contributed by atoms with Gasteiger partial charge in [0, 0.05) is 16.4 Å². The fourth-order valence-corrected chi connectivity index (χ4v) is 3.79. The van der Waals surface area contributed by atoms with Gasteiger partial charge in [-0.15, -0.1) is 0 Å². The predicted octanol–water partition coefficient (Wildman–Crippen LogP) is 4.98. The molecule has 0 aliphatic carbocycles. The number of piperazine rings is 1. The van der Waals surface area contributed by atoms with Gasteiger partial charge >= 0.3 is 0 Å². The number of aryl methyl sites for hydroxylation is 2. The molecule has 0 N–H and O–H groups in total. The van der Waals surface area contributed by atoms with Crippen molar-refractivity contribution in [1.29, 1.82) is 0 Å². The SMILES string of the molecule is Cc1ccc([C@@H]2C(=O)N(c3cccc(C)c3C)CC(=O)N2c2ccc(Cl)cc2)o1. The summed E-state index contributed by atoms with van der Waals surface area (Å²) >= 11 is 6.01. The molecule has 5 nitrogen and oxygen atoms in total. The number of carbonyl (C=O) groups is 2. The van der Waals surface area contributed by atoms with Gasteiger partial charge in [0.25, 0.3) is 5.91 Å². The minimum Gasteiger partial charge on any atom is -0.464 e. The second-order valence-corrected chi connectivity index (χ2v) is 7.67. The molecule has 29 heavy (non-hydrogen) atoms. The Morgan fingerprint density at radius 1 is 0.966 bits per heavy atom. The van der Waals surface area contributed by atoms with E-state index in [0.29, 0.717) is 22.2 Å². The van der Waals surface area contributed by atoms with E-state index in [4.69, 9.17) is 16.0 Å². The Morgan fingerprint density at radius 2 is 1.69 bits per heavy atom. The van der Waals surface area contributed by atoms with Gasteiger partial charge in [-0.3, -0.25) is 14.5 Å². The van der Waals surface area contributed by atoms with Gasteiger partial charge in [-0.1, -0.05) is 23.7 Å². The van der Waals surface area contributed by atoms with Crippen LogP contribution in [-0.2, 0) is 9.59 Å². The molecular weight excluding hydrogens is 388 g/mol. The molecule has 2 heterocycles. The maximum Gasteiger partial charge on any atom is 0.258 e. The number of anilines is 2. The standard InChI is InChI=1S/C23H21ClN2O3/c1-14-5-4-6-19(16(14)3)25-13-21(27)26(18-10-8-17(24)9-11-18)22(23(25)28)20-12-7-15(2)29-20/h4-12,22H,13H2,1-3H3/t22-/m1/s1. The highest BCUT2D eigenvalue weighted by Gasteiger charge is 2.43. The minimum absolute atomic E-state index is 0.0397. The Morgan fingerprint density at radius 3 is 2.34 bits per heavy atom. The van der Waals surface area contributed by atoms with Gasteiger partial charge in [-0.05, 0) is 74.4 Å². The molecule has 1 aliphatic rings. The van der Waals surface area contributed by atoms with Crippen LogP contribution in [0.3, 0.4) is 0 Å². The lowest BCUT2D eigenvalue weighted by atomic mass is 10.0. The molecule has 1 saturated heterocycles. The van der Waals surface area contributed by atoms with Gasteiger partial charge in [-0.2, -0.15) is 0 Å². The van der Waals surface area contributed by atoms with Crippen LogP contribution < -0.4 is 9.80 Å². The molecule has 1 fully saturated rings. The Balaban J connectivity index is 1.83. The summed E-state index contributed by atoms with van der Waals surface area (Å²) in [5, 5.41) is 0.562. The van der Waals surface area contributed by atoms with Gasteiger partial charge in [0.05, 0.1) is 0 Å². The van der Waals surface area contributed by atoms with Crippen LogP contribution in [0.4, 0.5) is 11.4 Å². The first kappa shape index (κ1) is 19.3. The quantitative estimate of drug-likeness (QED) is 0.614. The maximum atomic E-state index is 13.6. The number of amides is 2. The highest BCUT2D eigenvalue weighted by atomic mass is 35.5. The van der Waals surface area contributed by atoms with E-state index in [1.165, 1.54) is 4.90 Å².